The maximum Gasteiger partial charge on any atom is 0.251 e. The second-order valence-electron chi connectivity index (χ2n) is 7.44. The Kier molecular flexibility index (Phi) is 7.20. The number of hydrogen-bond donors (Lipinski definition) is 2. The van der Waals surface area contributed by atoms with E-state index in [1.807, 2.05) is 66.7 Å². The standard InChI is InChI=1S/C24H27N5O2/c30-24(25-12-5-13-29-14-16-31-17-15-29)20-8-4-9-21(18-20)26-23-11-10-22(27-28-23)19-6-2-1-3-7-19/h1-4,6-11,18H,5,12-17H2,(H,25,30)(H,26,28). The van der Waals surface area contributed by atoms with Gasteiger partial charge >= 0.3 is 0 Å². The molecule has 7 nitrogen and oxygen atoms in total. The quantitative estimate of drug-likeness (QED) is 0.548. The maximum absolute atomic E-state index is 12.5. The third kappa shape index (κ3) is 6.10. The Bertz CT molecular complexity index is 973. The first-order chi connectivity index (χ1) is 15.3. The zero-order valence-corrected chi connectivity index (χ0v) is 17.5. The average Bonchev–Trinajstić information content (AvgIpc) is 2.83. The van der Waals surface area contributed by atoms with Gasteiger partial charge in [0, 0.05) is 36.4 Å². The summed E-state index contributed by atoms with van der Waals surface area (Å²) in [5.74, 6) is 0.555. The number of amides is 1. The Balaban J connectivity index is 1.29. The molecule has 1 aromatic heterocycles. The summed E-state index contributed by atoms with van der Waals surface area (Å²) in [6.07, 6.45) is 0.924. The number of rotatable bonds is 8. The molecular weight excluding hydrogens is 390 g/mol. The number of ether oxygens (including phenoxy) is 1. The predicted molar refractivity (Wildman–Crippen MR) is 121 cm³/mol. The molecule has 0 atom stereocenters. The van der Waals surface area contributed by atoms with Gasteiger partial charge in [0.15, 0.2) is 5.82 Å². The fraction of sp³-hybridized carbons (Fsp3) is 0.292. The number of nitrogens with one attached hydrogen (secondary N) is 2. The monoisotopic (exact) mass is 417 g/mol. The lowest BCUT2D eigenvalue weighted by Gasteiger charge is -2.26. The van der Waals surface area contributed by atoms with E-state index in [0.717, 1.165) is 56.2 Å². The van der Waals surface area contributed by atoms with Crippen LogP contribution in [-0.4, -0.2) is 60.4 Å². The van der Waals surface area contributed by atoms with Gasteiger partial charge in [-0.2, -0.15) is 0 Å². The second-order valence-corrected chi connectivity index (χ2v) is 7.44. The van der Waals surface area contributed by atoms with Gasteiger partial charge in [-0.25, -0.2) is 0 Å². The Hall–Kier alpha value is -3.29. The molecule has 1 aliphatic rings. The topological polar surface area (TPSA) is 79.4 Å². The van der Waals surface area contributed by atoms with E-state index in [2.05, 4.69) is 25.7 Å². The summed E-state index contributed by atoms with van der Waals surface area (Å²) in [6, 6.07) is 21.1. The van der Waals surface area contributed by atoms with Crippen LogP contribution < -0.4 is 10.6 Å². The number of benzene rings is 2. The first-order valence-corrected chi connectivity index (χ1v) is 10.6. The smallest absolute Gasteiger partial charge is 0.251 e. The molecule has 1 aliphatic heterocycles. The van der Waals surface area contributed by atoms with Crippen molar-refractivity contribution in [2.24, 2.45) is 0 Å². The molecule has 0 radical (unpaired) electrons. The second kappa shape index (κ2) is 10.7. The largest absolute Gasteiger partial charge is 0.379 e. The van der Waals surface area contributed by atoms with Crippen molar-refractivity contribution in [3.63, 3.8) is 0 Å². The Morgan fingerprint density at radius 3 is 2.58 bits per heavy atom. The first kappa shape index (κ1) is 21.0. The fourth-order valence-corrected chi connectivity index (χ4v) is 3.48. The lowest BCUT2D eigenvalue weighted by molar-refractivity contribution is 0.0374. The van der Waals surface area contributed by atoms with Gasteiger partial charge < -0.3 is 15.4 Å². The number of hydrogen-bond acceptors (Lipinski definition) is 6. The summed E-state index contributed by atoms with van der Waals surface area (Å²) < 4.78 is 5.36. The maximum atomic E-state index is 12.5. The molecule has 7 heteroatoms. The molecule has 0 aliphatic carbocycles. The highest BCUT2D eigenvalue weighted by atomic mass is 16.5. The number of carbonyl (C=O) groups excluding carboxylic acids is 1. The van der Waals surface area contributed by atoms with Crippen LogP contribution in [0.15, 0.2) is 66.7 Å². The normalized spacial score (nSPS) is 14.2. The highest BCUT2D eigenvalue weighted by Crippen LogP contribution is 2.19. The molecule has 0 bridgehead atoms. The molecule has 4 rings (SSSR count). The van der Waals surface area contributed by atoms with Crippen LogP contribution in [0.1, 0.15) is 16.8 Å². The van der Waals surface area contributed by atoms with E-state index in [4.69, 9.17) is 4.74 Å². The number of morpholine rings is 1. The number of anilines is 2. The number of carbonyl (C=O) groups is 1. The van der Waals surface area contributed by atoms with E-state index >= 15 is 0 Å². The van der Waals surface area contributed by atoms with Crippen molar-refractivity contribution in [3.8, 4) is 11.3 Å². The van der Waals surface area contributed by atoms with E-state index in [1.165, 1.54) is 0 Å². The highest BCUT2D eigenvalue weighted by molar-refractivity contribution is 5.95. The van der Waals surface area contributed by atoms with Crippen LogP contribution in [0.5, 0.6) is 0 Å². The SMILES string of the molecule is O=C(NCCCN1CCOCC1)c1cccc(Nc2ccc(-c3ccccc3)nn2)c1. The molecule has 2 N–H and O–H groups in total. The van der Waals surface area contributed by atoms with Gasteiger partial charge in [0.25, 0.3) is 5.91 Å². The van der Waals surface area contributed by atoms with Crippen molar-refractivity contribution in [2.45, 2.75) is 6.42 Å². The van der Waals surface area contributed by atoms with Crippen LogP contribution in [0, 0.1) is 0 Å². The molecule has 1 saturated heterocycles. The van der Waals surface area contributed by atoms with Gasteiger partial charge in [-0.05, 0) is 43.3 Å². The number of nitrogens with zero attached hydrogens (tertiary/aromatic N) is 3. The van der Waals surface area contributed by atoms with Gasteiger partial charge in [0.1, 0.15) is 0 Å². The van der Waals surface area contributed by atoms with E-state index in [9.17, 15) is 4.79 Å². The minimum atomic E-state index is -0.0730. The predicted octanol–water partition coefficient (Wildman–Crippen LogP) is 3.34. The van der Waals surface area contributed by atoms with Gasteiger partial charge in [-0.1, -0.05) is 36.4 Å². The average molecular weight is 418 g/mol. The molecule has 0 saturated carbocycles. The van der Waals surface area contributed by atoms with Gasteiger partial charge in [-0.3, -0.25) is 9.69 Å². The number of aromatic nitrogens is 2. The van der Waals surface area contributed by atoms with Crippen LogP contribution in [-0.2, 0) is 4.74 Å². The molecule has 0 unspecified atom stereocenters. The third-order valence-electron chi connectivity index (χ3n) is 5.17. The summed E-state index contributed by atoms with van der Waals surface area (Å²) in [4.78, 5) is 14.9. The van der Waals surface area contributed by atoms with E-state index in [-0.39, 0.29) is 5.91 Å². The molecule has 2 heterocycles. The Morgan fingerprint density at radius 1 is 0.968 bits per heavy atom. The first-order valence-electron chi connectivity index (χ1n) is 10.6. The molecular formula is C24H27N5O2. The van der Waals surface area contributed by atoms with Gasteiger partial charge in [0.2, 0.25) is 0 Å². The molecule has 1 fully saturated rings. The van der Waals surface area contributed by atoms with E-state index < -0.39 is 0 Å². The van der Waals surface area contributed by atoms with Crippen molar-refractivity contribution in [3.05, 3.63) is 72.3 Å². The lowest BCUT2D eigenvalue weighted by Crippen LogP contribution is -2.38. The van der Waals surface area contributed by atoms with Gasteiger partial charge in [-0.15, -0.1) is 10.2 Å². The highest BCUT2D eigenvalue weighted by Gasteiger charge is 2.10. The summed E-state index contributed by atoms with van der Waals surface area (Å²) in [5, 5.41) is 14.8. The minimum Gasteiger partial charge on any atom is -0.379 e. The molecule has 3 aromatic rings. The summed E-state index contributed by atoms with van der Waals surface area (Å²) in [6.45, 7) is 5.16. The zero-order chi connectivity index (χ0) is 21.3. The van der Waals surface area contributed by atoms with Gasteiger partial charge in [0.05, 0.1) is 18.9 Å². The van der Waals surface area contributed by atoms with Crippen LogP contribution >= 0.6 is 0 Å². The van der Waals surface area contributed by atoms with Crippen LogP contribution in [0.3, 0.4) is 0 Å². The van der Waals surface area contributed by atoms with Crippen molar-refractivity contribution in [2.75, 3.05) is 44.7 Å². The molecule has 0 spiro atoms. The van der Waals surface area contributed by atoms with Crippen LogP contribution in [0.25, 0.3) is 11.3 Å². The summed E-state index contributed by atoms with van der Waals surface area (Å²) >= 11 is 0. The van der Waals surface area contributed by atoms with E-state index in [1.54, 1.807) is 0 Å². The van der Waals surface area contributed by atoms with Crippen molar-refractivity contribution in [1.82, 2.24) is 20.4 Å². The van der Waals surface area contributed by atoms with Crippen molar-refractivity contribution >= 4 is 17.4 Å². The van der Waals surface area contributed by atoms with Crippen molar-refractivity contribution in [1.29, 1.82) is 0 Å². The Labute approximate surface area is 182 Å². The molecule has 2 aromatic carbocycles. The molecule has 160 valence electrons. The van der Waals surface area contributed by atoms with Crippen LogP contribution in [0.2, 0.25) is 0 Å². The molecule has 1 amide bonds. The van der Waals surface area contributed by atoms with E-state index in [0.29, 0.717) is 17.9 Å². The van der Waals surface area contributed by atoms with Crippen molar-refractivity contribution < 1.29 is 9.53 Å². The lowest BCUT2D eigenvalue weighted by atomic mass is 10.1. The van der Waals surface area contributed by atoms with Crippen LogP contribution in [0.4, 0.5) is 11.5 Å². The Morgan fingerprint density at radius 2 is 1.81 bits per heavy atom. The minimum absolute atomic E-state index is 0.0730. The third-order valence-corrected chi connectivity index (χ3v) is 5.17. The fourth-order valence-electron chi connectivity index (χ4n) is 3.48. The summed E-state index contributed by atoms with van der Waals surface area (Å²) in [7, 11) is 0. The zero-order valence-electron chi connectivity index (χ0n) is 17.5. The molecule has 31 heavy (non-hydrogen) atoms. The summed E-state index contributed by atoms with van der Waals surface area (Å²) in [5.41, 5.74) is 3.25.